The molecule has 94 valence electrons. The number of carbonyl (C=O) groups excluding carboxylic acids is 1. The lowest BCUT2D eigenvalue weighted by Crippen LogP contribution is -2.32. The Kier molecular flexibility index (Phi) is 5.10. The SMILES string of the molecule is C=Cc1cccc(C(C)(C)CC(=O)[O-])c1C.[NH4+]. The van der Waals surface area contributed by atoms with Gasteiger partial charge in [-0.05, 0) is 35.4 Å². The topological polar surface area (TPSA) is 76.6 Å². The molecule has 3 nitrogen and oxygen atoms in total. The van der Waals surface area contributed by atoms with Crippen molar-refractivity contribution in [3.05, 3.63) is 41.5 Å². The lowest BCUT2D eigenvalue weighted by Gasteiger charge is -2.28. The van der Waals surface area contributed by atoms with E-state index < -0.39 is 11.4 Å². The summed E-state index contributed by atoms with van der Waals surface area (Å²) in [6, 6.07) is 5.86. The number of rotatable bonds is 4. The van der Waals surface area contributed by atoms with Crippen LogP contribution in [0.25, 0.3) is 6.08 Å². The van der Waals surface area contributed by atoms with Crippen LogP contribution >= 0.6 is 0 Å². The quantitative estimate of drug-likeness (QED) is 0.870. The number of carbonyl (C=O) groups is 1. The van der Waals surface area contributed by atoms with Gasteiger partial charge in [-0.25, -0.2) is 0 Å². The molecule has 1 rings (SSSR count). The van der Waals surface area contributed by atoms with Crippen LogP contribution in [0.2, 0.25) is 0 Å². The molecule has 1 aromatic carbocycles. The highest BCUT2D eigenvalue weighted by atomic mass is 16.4. The van der Waals surface area contributed by atoms with Crippen LogP contribution in [0.5, 0.6) is 0 Å². The first kappa shape index (κ1) is 15.4. The number of carboxylic acid groups (broad SMARTS) is 1. The molecule has 0 aromatic heterocycles. The Balaban J connectivity index is 0.00000256. The Morgan fingerprint density at radius 3 is 2.53 bits per heavy atom. The molecule has 17 heavy (non-hydrogen) atoms. The maximum Gasteiger partial charge on any atom is 0.0422 e. The zero-order valence-electron chi connectivity index (χ0n) is 11.0. The van der Waals surface area contributed by atoms with Gasteiger partial charge in [0.2, 0.25) is 0 Å². The van der Waals surface area contributed by atoms with Crippen LogP contribution in [0.3, 0.4) is 0 Å². The minimum atomic E-state index is -1.02. The first-order valence-electron chi connectivity index (χ1n) is 5.31. The van der Waals surface area contributed by atoms with Crippen LogP contribution < -0.4 is 11.3 Å². The van der Waals surface area contributed by atoms with Crippen LogP contribution in [0.4, 0.5) is 0 Å². The molecule has 0 saturated carbocycles. The molecule has 1 aromatic rings. The molecule has 0 aliphatic carbocycles. The summed E-state index contributed by atoms with van der Waals surface area (Å²) in [5, 5.41) is 10.7. The Morgan fingerprint density at radius 1 is 1.47 bits per heavy atom. The molecule has 0 bridgehead atoms. The van der Waals surface area contributed by atoms with Crippen molar-refractivity contribution in [2.75, 3.05) is 0 Å². The summed E-state index contributed by atoms with van der Waals surface area (Å²) >= 11 is 0. The summed E-state index contributed by atoms with van der Waals surface area (Å²) in [4.78, 5) is 10.7. The van der Waals surface area contributed by atoms with E-state index in [1.807, 2.05) is 39.0 Å². The summed E-state index contributed by atoms with van der Waals surface area (Å²) in [5.74, 6) is -1.02. The van der Waals surface area contributed by atoms with E-state index >= 15 is 0 Å². The second-order valence-electron chi connectivity index (χ2n) is 4.66. The zero-order valence-corrected chi connectivity index (χ0v) is 11.0. The number of hydrogen-bond acceptors (Lipinski definition) is 2. The van der Waals surface area contributed by atoms with Gasteiger partial charge in [0.05, 0.1) is 0 Å². The van der Waals surface area contributed by atoms with E-state index in [1.165, 1.54) is 0 Å². The van der Waals surface area contributed by atoms with Crippen molar-refractivity contribution < 1.29 is 9.90 Å². The van der Waals surface area contributed by atoms with Crippen LogP contribution in [0.15, 0.2) is 24.8 Å². The molecule has 0 aliphatic heterocycles. The number of benzene rings is 1. The van der Waals surface area contributed by atoms with Gasteiger partial charge < -0.3 is 16.1 Å². The van der Waals surface area contributed by atoms with Gasteiger partial charge in [-0.3, -0.25) is 0 Å². The summed E-state index contributed by atoms with van der Waals surface area (Å²) < 4.78 is 0. The summed E-state index contributed by atoms with van der Waals surface area (Å²) in [5.41, 5.74) is 2.75. The molecule has 4 N–H and O–H groups in total. The predicted molar refractivity (Wildman–Crippen MR) is 69.9 cm³/mol. The van der Waals surface area contributed by atoms with Crippen molar-refractivity contribution in [2.45, 2.75) is 32.6 Å². The largest absolute Gasteiger partial charge is 0.550 e. The van der Waals surface area contributed by atoms with Gasteiger partial charge in [-0.15, -0.1) is 0 Å². The van der Waals surface area contributed by atoms with Gasteiger partial charge in [-0.2, -0.15) is 0 Å². The second kappa shape index (κ2) is 5.64. The molecule has 3 heteroatoms. The maximum atomic E-state index is 10.7. The molecule has 0 fully saturated rings. The number of carboxylic acids is 1. The zero-order chi connectivity index (χ0) is 12.3. The molecule has 0 heterocycles. The van der Waals surface area contributed by atoms with Crippen LogP contribution in [0, 0.1) is 6.92 Å². The van der Waals surface area contributed by atoms with Crippen LogP contribution in [-0.4, -0.2) is 5.97 Å². The first-order chi connectivity index (χ1) is 7.38. The first-order valence-corrected chi connectivity index (χ1v) is 5.31. The van der Waals surface area contributed by atoms with Gasteiger partial charge in [0.25, 0.3) is 0 Å². The van der Waals surface area contributed by atoms with Gasteiger partial charge in [0.1, 0.15) is 0 Å². The summed E-state index contributed by atoms with van der Waals surface area (Å²) in [6.07, 6.45) is 1.81. The third-order valence-corrected chi connectivity index (χ3v) is 2.91. The van der Waals surface area contributed by atoms with E-state index in [0.29, 0.717) is 0 Å². The highest BCUT2D eigenvalue weighted by Crippen LogP contribution is 2.31. The third kappa shape index (κ3) is 3.43. The molecule has 0 radical (unpaired) electrons. The van der Waals surface area contributed by atoms with E-state index in [9.17, 15) is 9.90 Å². The van der Waals surface area contributed by atoms with E-state index in [4.69, 9.17) is 0 Å². The molecule has 0 aliphatic rings. The van der Waals surface area contributed by atoms with Crippen molar-refractivity contribution in [3.8, 4) is 0 Å². The minimum Gasteiger partial charge on any atom is -0.550 e. The molecular formula is C14H21NO2. The Hall–Kier alpha value is -1.61. The van der Waals surface area contributed by atoms with Gasteiger partial charge in [0.15, 0.2) is 0 Å². The third-order valence-electron chi connectivity index (χ3n) is 2.91. The van der Waals surface area contributed by atoms with Crippen LogP contribution in [0.1, 0.15) is 37.0 Å². The van der Waals surface area contributed by atoms with E-state index in [0.717, 1.165) is 16.7 Å². The fourth-order valence-corrected chi connectivity index (χ4v) is 2.06. The Labute approximate surface area is 103 Å². The Morgan fingerprint density at radius 2 is 2.06 bits per heavy atom. The van der Waals surface area contributed by atoms with E-state index in [1.54, 1.807) is 6.08 Å². The molecule has 0 saturated heterocycles. The lowest BCUT2D eigenvalue weighted by atomic mass is 9.78. The van der Waals surface area contributed by atoms with Gasteiger partial charge >= 0.3 is 0 Å². The van der Waals surface area contributed by atoms with Gasteiger partial charge in [0, 0.05) is 5.97 Å². The monoisotopic (exact) mass is 235 g/mol. The lowest BCUT2D eigenvalue weighted by molar-refractivity contribution is -0.306. The van der Waals surface area contributed by atoms with Crippen molar-refractivity contribution in [3.63, 3.8) is 0 Å². The fourth-order valence-electron chi connectivity index (χ4n) is 2.06. The fraction of sp³-hybridized carbons (Fsp3) is 0.357. The van der Waals surface area contributed by atoms with E-state index in [2.05, 4.69) is 6.58 Å². The van der Waals surface area contributed by atoms with Crippen molar-refractivity contribution in [1.82, 2.24) is 6.15 Å². The van der Waals surface area contributed by atoms with Crippen molar-refractivity contribution in [1.29, 1.82) is 0 Å². The summed E-state index contributed by atoms with van der Waals surface area (Å²) in [7, 11) is 0. The molecule has 0 atom stereocenters. The average molecular weight is 235 g/mol. The van der Waals surface area contributed by atoms with Crippen molar-refractivity contribution in [2.24, 2.45) is 0 Å². The number of quaternary nitrogens is 1. The predicted octanol–water partition coefficient (Wildman–Crippen LogP) is 2.43. The molecular weight excluding hydrogens is 214 g/mol. The molecule has 0 spiro atoms. The normalized spacial score (nSPS) is 10.5. The minimum absolute atomic E-state index is 0. The molecule has 0 unspecified atom stereocenters. The van der Waals surface area contributed by atoms with Crippen LogP contribution in [-0.2, 0) is 10.2 Å². The molecule has 0 amide bonds. The number of hydrogen-bond donors (Lipinski definition) is 1. The maximum absolute atomic E-state index is 10.7. The highest BCUT2D eigenvalue weighted by molar-refractivity contribution is 5.67. The van der Waals surface area contributed by atoms with Gasteiger partial charge in [-0.1, -0.05) is 44.7 Å². The number of aliphatic carboxylic acids is 1. The smallest absolute Gasteiger partial charge is 0.0422 e. The Bertz CT molecular complexity index is 422. The van der Waals surface area contributed by atoms with E-state index in [-0.39, 0.29) is 12.6 Å². The second-order valence-corrected chi connectivity index (χ2v) is 4.66. The standard InChI is InChI=1S/C14H18O2.H3N/c1-5-11-7-6-8-12(10(11)2)14(3,4)9-13(15)16;/h5-8H,1,9H2,2-4H3,(H,15,16);1H3. The highest BCUT2D eigenvalue weighted by Gasteiger charge is 2.23. The summed E-state index contributed by atoms with van der Waals surface area (Å²) in [6.45, 7) is 9.57. The average Bonchev–Trinajstić information content (AvgIpc) is 2.15. The van der Waals surface area contributed by atoms with Crippen molar-refractivity contribution >= 4 is 12.0 Å².